The van der Waals surface area contributed by atoms with Gasteiger partial charge in [-0.05, 0) is 6.92 Å². The summed E-state index contributed by atoms with van der Waals surface area (Å²) in [5.74, 6) is 0.356. The number of nitrogens with zero attached hydrogens (tertiary/aromatic N) is 2. The molecule has 8 nitrogen and oxygen atoms in total. The summed E-state index contributed by atoms with van der Waals surface area (Å²) in [5.41, 5.74) is 0. The molecule has 1 aromatic rings. The van der Waals surface area contributed by atoms with Gasteiger partial charge in [0.1, 0.15) is 11.8 Å². The minimum Gasteiger partial charge on any atom is -0.468 e. The fourth-order valence-electron chi connectivity index (χ4n) is 2.38. The molecule has 2 atom stereocenters. The van der Waals surface area contributed by atoms with Crippen LogP contribution < -0.4 is 5.32 Å². The highest BCUT2D eigenvalue weighted by molar-refractivity contribution is 5.89. The van der Waals surface area contributed by atoms with E-state index in [1.165, 1.54) is 7.11 Å². The molecule has 2 unspecified atom stereocenters. The quantitative estimate of drug-likeness (QED) is 0.732. The van der Waals surface area contributed by atoms with E-state index in [0.717, 1.165) is 0 Å². The van der Waals surface area contributed by atoms with E-state index in [0.29, 0.717) is 31.1 Å². The van der Waals surface area contributed by atoms with Crippen molar-refractivity contribution in [2.24, 2.45) is 0 Å². The molecule has 1 aliphatic heterocycles. The number of amides is 1. The largest absolute Gasteiger partial charge is 0.468 e. The monoisotopic (exact) mass is 297 g/mol. The first-order valence-electron chi connectivity index (χ1n) is 6.72. The standard InChI is InChI=1S/C13H19N3O5/c1-8-5-11(15-21-8)14-12(18)3-4-16-7-9(17)6-10(16)13(19)20-2/h5,9-10,17H,3-4,6-7H2,1-2H3,(H,14,15,18). The lowest BCUT2D eigenvalue weighted by Gasteiger charge is -2.21. The first-order valence-corrected chi connectivity index (χ1v) is 6.72. The van der Waals surface area contributed by atoms with Gasteiger partial charge in [0.2, 0.25) is 5.91 Å². The Morgan fingerprint density at radius 1 is 1.62 bits per heavy atom. The summed E-state index contributed by atoms with van der Waals surface area (Å²) < 4.78 is 9.55. The molecule has 2 rings (SSSR count). The van der Waals surface area contributed by atoms with Crippen LogP contribution in [0.25, 0.3) is 0 Å². The second-order valence-corrected chi connectivity index (χ2v) is 5.04. The van der Waals surface area contributed by atoms with Gasteiger partial charge in [0, 0.05) is 32.0 Å². The molecule has 116 valence electrons. The number of likely N-dealkylation sites (tertiary alicyclic amines) is 1. The summed E-state index contributed by atoms with van der Waals surface area (Å²) in [7, 11) is 1.31. The second-order valence-electron chi connectivity index (χ2n) is 5.04. The number of anilines is 1. The van der Waals surface area contributed by atoms with Gasteiger partial charge in [-0.1, -0.05) is 5.16 Å². The predicted octanol–water partition coefficient (Wildman–Crippen LogP) is -0.0802. The number of ether oxygens (including phenoxy) is 1. The molecule has 2 heterocycles. The number of aliphatic hydroxyl groups is 1. The minimum absolute atomic E-state index is 0.187. The zero-order valence-electron chi connectivity index (χ0n) is 12.0. The maximum atomic E-state index is 11.8. The number of methoxy groups -OCH3 is 1. The summed E-state index contributed by atoms with van der Waals surface area (Å²) in [4.78, 5) is 25.2. The van der Waals surface area contributed by atoms with Crippen LogP contribution >= 0.6 is 0 Å². The molecule has 0 bridgehead atoms. The van der Waals surface area contributed by atoms with Crippen molar-refractivity contribution in [2.75, 3.05) is 25.5 Å². The molecule has 1 aromatic heterocycles. The molecule has 0 aromatic carbocycles. The fourth-order valence-corrected chi connectivity index (χ4v) is 2.38. The maximum Gasteiger partial charge on any atom is 0.323 e. The first-order chi connectivity index (χ1) is 9.99. The van der Waals surface area contributed by atoms with Crippen LogP contribution in [0.15, 0.2) is 10.6 Å². The topological polar surface area (TPSA) is 105 Å². The third-order valence-electron chi connectivity index (χ3n) is 3.38. The number of rotatable bonds is 5. The molecule has 1 amide bonds. The number of carbonyl (C=O) groups excluding carboxylic acids is 2. The average molecular weight is 297 g/mol. The number of aliphatic hydroxyl groups excluding tert-OH is 1. The summed E-state index contributed by atoms with van der Waals surface area (Å²) >= 11 is 0. The fraction of sp³-hybridized carbons (Fsp3) is 0.615. The predicted molar refractivity (Wildman–Crippen MR) is 72.5 cm³/mol. The molecule has 2 N–H and O–H groups in total. The zero-order chi connectivity index (χ0) is 15.4. The SMILES string of the molecule is COC(=O)C1CC(O)CN1CCC(=O)Nc1cc(C)on1. The van der Waals surface area contributed by atoms with Gasteiger partial charge in [-0.3, -0.25) is 14.5 Å². The molecule has 0 spiro atoms. The smallest absolute Gasteiger partial charge is 0.323 e. The van der Waals surface area contributed by atoms with Crippen molar-refractivity contribution >= 4 is 17.7 Å². The van der Waals surface area contributed by atoms with E-state index in [9.17, 15) is 14.7 Å². The number of hydrogen-bond donors (Lipinski definition) is 2. The van der Waals surface area contributed by atoms with Crippen molar-refractivity contribution in [3.8, 4) is 0 Å². The van der Waals surface area contributed by atoms with E-state index < -0.39 is 12.1 Å². The molecule has 1 fully saturated rings. The van der Waals surface area contributed by atoms with Crippen molar-refractivity contribution in [2.45, 2.75) is 31.9 Å². The van der Waals surface area contributed by atoms with Crippen molar-refractivity contribution in [1.82, 2.24) is 10.1 Å². The van der Waals surface area contributed by atoms with Crippen molar-refractivity contribution in [3.05, 3.63) is 11.8 Å². The minimum atomic E-state index is -0.574. The Kier molecular flexibility index (Phi) is 4.92. The van der Waals surface area contributed by atoms with Crippen LogP contribution in [0.3, 0.4) is 0 Å². The lowest BCUT2D eigenvalue weighted by Crippen LogP contribution is -2.38. The third-order valence-corrected chi connectivity index (χ3v) is 3.38. The van der Waals surface area contributed by atoms with Gasteiger partial charge in [0.15, 0.2) is 5.82 Å². The van der Waals surface area contributed by atoms with Gasteiger partial charge in [0.25, 0.3) is 0 Å². The molecule has 0 radical (unpaired) electrons. The van der Waals surface area contributed by atoms with Crippen LogP contribution in [0.2, 0.25) is 0 Å². The number of hydrogen-bond acceptors (Lipinski definition) is 7. The Bertz CT molecular complexity index is 516. The van der Waals surface area contributed by atoms with Crippen LogP contribution in [0.1, 0.15) is 18.6 Å². The van der Waals surface area contributed by atoms with Crippen LogP contribution in [0.5, 0.6) is 0 Å². The molecular formula is C13H19N3O5. The Labute approximate surface area is 122 Å². The first kappa shape index (κ1) is 15.5. The zero-order valence-corrected chi connectivity index (χ0v) is 12.0. The number of aromatic nitrogens is 1. The Morgan fingerprint density at radius 2 is 2.38 bits per heavy atom. The molecule has 1 aliphatic rings. The van der Waals surface area contributed by atoms with E-state index in [4.69, 9.17) is 9.26 Å². The van der Waals surface area contributed by atoms with Crippen LogP contribution in [-0.2, 0) is 14.3 Å². The number of aryl methyl sites for hydroxylation is 1. The molecule has 21 heavy (non-hydrogen) atoms. The number of esters is 1. The maximum absolute atomic E-state index is 11.8. The van der Waals surface area contributed by atoms with Gasteiger partial charge in [-0.15, -0.1) is 0 Å². The van der Waals surface area contributed by atoms with E-state index >= 15 is 0 Å². The van der Waals surface area contributed by atoms with Gasteiger partial charge in [-0.25, -0.2) is 0 Å². The normalized spacial score (nSPS) is 22.2. The van der Waals surface area contributed by atoms with Gasteiger partial charge in [0.05, 0.1) is 13.2 Å². The van der Waals surface area contributed by atoms with Crippen LogP contribution in [0, 0.1) is 6.92 Å². The van der Waals surface area contributed by atoms with Crippen LogP contribution in [0.4, 0.5) is 5.82 Å². The Hall–Kier alpha value is -1.93. The highest BCUT2D eigenvalue weighted by atomic mass is 16.5. The number of β-amino-alcohol motifs (C(OH)–C–C–N with tert-alkyl or cyclic N) is 1. The Morgan fingerprint density at radius 3 is 3.00 bits per heavy atom. The van der Waals surface area contributed by atoms with E-state index in [1.807, 2.05) is 0 Å². The molecule has 0 aliphatic carbocycles. The number of nitrogens with one attached hydrogen (secondary N) is 1. The average Bonchev–Trinajstić information content (AvgIpc) is 3.01. The highest BCUT2D eigenvalue weighted by Gasteiger charge is 2.36. The molecular weight excluding hydrogens is 278 g/mol. The van der Waals surface area contributed by atoms with E-state index in [2.05, 4.69) is 10.5 Å². The second kappa shape index (κ2) is 6.68. The van der Waals surface area contributed by atoms with Crippen molar-refractivity contribution in [1.29, 1.82) is 0 Å². The third kappa shape index (κ3) is 4.02. The van der Waals surface area contributed by atoms with Crippen LogP contribution in [-0.4, -0.2) is 59.4 Å². The van der Waals surface area contributed by atoms with Gasteiger partial charge >= 0.3 is 5.97 Å². The van der Waals surface area contributed by atoms with Gasteiger partial charge in [-0.2, -0.15) is 0 Å². The summed E-state index contributed by atoms with van der Waals surface area (Å²) in [6.07, 6.45) is -0.0570. The lowest BCUT2D eigenvalue weighted by molar-refractivity contribution is -0.146. The Balaban J connectivity index is 1.83. The van der Waals surface area contributed by atoms with E-state index in [-0.39, 0.29) is 18.3 Å². The summed E-state index contributed by atoms with van der Waals surface area (Å²) in [6, 6.07) is 1.13. The van der Waals surface area contributed by atoms with Gasteiger partial charge < -0.3 is 19.7 Å². The van der Waals surface area contributed by atoms with Crippen molar-refractivity contribution in [3.63, 3.8) is 0 Å². The molecule has 0 saturated carbocycles. The number of carbonyl (C=O) groups is 2. The van der Waals surface area contributed by atoms with E-state index in [1.54, 1.807) is 17.9 Å². The summed E-state index contributed by atoms with van der Waals surface area (Å²) in [5, 5.41) is 15.9. The molecule has 8 heteroatoms. The summed E-state index contributed by atoms with van der Waals surface area (Å²) in [6.45, 7) is 2.45. The highest BCUT2D eigenvalue weighted by Crippen LogP contribution is 2.19. The lowest BCUT2D eigenvalue weighted by atomic mass is 10.2. The molecule has 1 saturated heterocycles. The van der Waals surface area contributed by atoms with Crippen molar-refractivity contribution < 1.29 is 24.0 Å².